The summed E-state index contributed by atoms with van der Waals surface area (Å²) in [6.07, 6.45) is 0. The zero-order valence-electron chi connectivity index (χ0n) is 14.0. The van der Waals surface area contributed by atoms with Gasteiger partial charge < -0.3 is 14.6 Å². The van der Waals surface area contributed by atoms with E-state index in [1.54, 1.807) is 18.2 Å². The van der Waals surface area contributed by atoms with E-state index in [1.807, 2.05) is 19.9 Å². The van der Waals surface area contributed by atoms with Crippen LogP contribution in [0, 0.1) is 0 Å². The highest BCUT2D eigenvalue weighted by atomic mass is 35.5. The van der Waals surface area contributed by atoms with Gasteiger partial charge in [-0.05, 0) is 32.0 Å². The number of thioether (sulfide) groups is 1. The summed E-state index contributed by atoms with van der Waals surface area (Å²) in [5, 5.41) is 11.4. The number of benzene rings is 1. The highest BCUT2D eigenvalue weighted by Crippen LogP contribution is 2.25. The third-order valence-electron chi connectivity index (χ3n) is 3.24. The van der Waals surface area contributed by atoms with Gasteiger partial charge in [0, 0.05) is 23.7 Å². The summed E-state index contributed by atoms with van der Waals surface area (Å²) in [4.78, 5) is 25.3. The smallest absolute Gasteiger partial charge is 0.277 e. The van der Waals surface area contributed by atoms with Crippen LogP contribution in [0.1, 0.15) is 13.8 Å². The second kappa shape index (κ2) is 9.43. The quantitative estimate of drug-likeness (QED) is 0.705. The normalized spacial score (nSPS) is 10.5. The van der Waals surface area contributed by atoms with E-state index in [-0.39, 0.29) is 29.3 Å². The van der Waals surface area contributed by atoms with Crippen molar-refractivity contribution in [3.8, 4) is 11.5 Å². The monoisotopic (exact) mass is 382 g/mol. The zero-order valence-corrected chi connectivity index (χ0v) is 15.6. The van der Waals surface area contributed by atoms with E-state index in [0.29, 0.717) is 29.6 Å². The number of hydrogen-bond donors (Lipinski definition) is 1. The summed E-state index contributed by atoms with van der Waals surface area (Å²) in [7, 11) is 0. The fourth-order valence-electron chi connectivity index (χ4n) is 2.02. The minimum absolute atomic E-state index is 0.0430. The maximum absolute atomic E-state index is 12.2. The predicted octanol–water partition coefficient (Wildman–Crippen LogP) is 2.47. The molecule has 7 nitrogen and oxygen atoms in total. The maximum atomic E-state index is 12.2. The lowest BCUT2D eigenvalue weighted by atomic mass is 10.2. The molecule has 2 aromatic rings. The highest BCUT2D eigenvalue weighted by Gasteiger charge is 2.17. The Morgan fingerprint density at radius 2 is 2.12 bits per heavy atom. The molecule has 2 amide bonds. The number of rotatable bonds is 8. The molecule has 0 radical (unpaired) electrons. The van der Waals surface area contributed by atoms with Crippen LogP contribution in [0.15, 0.2) is 33.9 Å². The number of halogens is 1. The Hall–Kier alpha value is -2.06. The first kappa shape index (κ1) is 19.3. The molecule has 1 aromatic heterocycles. The van der Waals surface area contributed by atoms with E-state index in [4.69, 9.17) is 16.0 Å². The molecule has 25 heavy (non-hydrogen) atoms. The van der Waals surface area contributed by atoms with Crippen molar-refractivity contribution in [2.45, 2.75) is 19.1 Å². The third kappa shape index (κ3) is 5.75. The fraction of sp³-hybridized carbons (Fsp3) is 0.375. The number of aromatic nitrogens is 2. The van der Waals surface area contributed by atoms with Crippen LogP contribution in [-0.2, 0) is 9.59 Å². The molecule has 0 spiro atoms. The lowest BCUT2D eigenvalue weighted by molar-refractivity contribution is -0.133. The average Bonchev–Trinajstić information content (AvgIpc) is 3.07. The molecule has 0 aliphatic heterocycles. The molecule has 0 bridgehead atoms. The molecule has 0 saturated carbocycles. The molecule has 1 heterocycles. The first-order chi connectivity index (χ1) is 12.0. The number of nitrogens with one attached hydrogen (secondary N) is 1. The van der Waals surface area contributed by atoms with Crippen LogP contribution in [0.3, 0.4) is 0 Å². The van der Waals surface area contributed by atoms with Crippen molar-refractivity contribution in [2.24, 2.45) is 0 Å². The number of carbonyl (C=O) groups is 2. The molecule has 2 rings (SSSR count). The summed E-state index contributed by atoms with van der Waals surface area (Å²) in [6.45, 7) is 4.69. The van der Waals surface area contributed by atoms with Crippen molar-refractivity contribution in [1.29, 1.82) is 0 Å². The molecular formula is C16H19ClN4O3S. The largest absolute Gasteiger partial charge is 0.411 e. The van der Waals surface area contributed by atoms with Gasteiger partial charge in [0.1, 0.15) is 0 Å². The second-order valence-electron chi connectivity index (χ2n) is 5.03. The van der Waals surface area contributed by atoms with Crippen molar-refractivity contribution in [2.75, 3.05) is 25.4 Å². The van der Waals surface area contributed by atoms with Crippen molar-refractivity contribution in [3.05, 3.63) is 29.3 Å². The topological polar surface area (TPSA) is 88.3 Å². The number of likely N-dealkylation sites (N-methyl/N-ethyl adjacent to an activating group) is 2. The number of nitrogens with zero attached hydrogens (tertiary/aromatic N) is 3. The van der Waals surface area contributed by atoms with Crippen LogP contribution in [0.5, 0.6) is 0 Å². The summed E-state index contributed by atoms with van der Waals surface area (Å²) in [6, 6.07) is 7.08. The molecule has 0 unspecified atom stereocenters. The summed E-state index contributed by atoms with van der Waals surface area (Å²) in [5.74, 6) is 0.113. The minimum atomic E-state index is -0.177. The summed E-state index contributed by atoms with van der Waals surface area (Å²) >= 11 is 7.08. The van der Waals surface area contributed by atoms with Crippen molar-refractivity contribution in [3.63, 3.8) is 0 Å². The molecule has 1 N–H and O–H groups in total. The van der Waals surface area contributed by atoms with Gasteiger partial charge in [0.15, 0.2) is 0 Å². The first-order valence-corrected chi connectivity index (χ1v) is 9.16. The molecule has 0 aliphatic carbocycles. The fourth-order valence-corrected chi connectivity index (χ4v) is 2.88. The molecule has 0 fully saturated rings. The highest BCUT2D eigenvalue weighted by molar-refractivity contribution is 7.99. The number of amides is 2. The van der Waals surface area contributed by atoms with Crippen LogP contribution in [-0.4, -0.2) is 52.3 Å². The van der Waals surface area contributed by atoms with E-state index < -0.39 is 0 Å². The first-order valence-electron chi connectivity index (χ1n) is 7.80. The van der Waals surface area contributed by atoms with Crippen LogP contribution in [0.4, 0.5) is 0 Å². The van der Waals surface area contributed by atoms with Crippen molar-refractivity contribution < 1.29 is 14.0 Å². The predicted molar refractivity (Wildman–Crippen MR) is 96.4 cm³/mol. The van der Waals surface area contributed by atoms with E-state index in [9.17, 15) is 9.59 Å². The van der Waals surface area contributed by atoms with Gasteiger partial charge in [0.25, 0.3) is 5.22 Å². The molecule has 134 valence electrons. The van der Waals surface area contributed by atoms with Gasteiger partial charge >= 0.3 is 0 Å². The van der Waals surface area contributed by atoms with Gasteiger partial charge in [-0.1, -0.05) is 29.4 Å². The minimum Gasteiger partial charge on any atom is -0.411 e. The van der Waals surface area contributed by atoms with E-state index in [1.165, 1.54) is 4.90 Å². The van der Waals surface area contributed by atoms with Crippen LogP contribution >= 0.6 is 23.4 Å². The number of hydrogen-bond acceptors (Lipinski definition) is 6. The Bertz CT molecular complexity index is 738. The Morgan fingerprint density at radius 3 is 2.80 bits per heavy atom. The Morgan fingerprint density at radius 1 is 1.32 bits per heavy atom. The van der Waals surface area contributed by atoms with Gasteiger partial charge in [-0.3, -0.25) is 9.59 Å². The van der Waals surface area contributed by atoms with Gasteiger partial charge in [0.05, 0.1) is 12.3 Å². The van der Waals surface area contributed by atoms with Crippen LogP contribution in [0.25, 0.3) is 11.5 Å². The molecule has 0 aliphatic rings. The molecule has 9 heteroatoms. The Kier molecular flexibility index (Phi) is 7.27. The maximum Gasteiger partial charge on any atom is 0.277 e. The molecular weight excluding hydrogens is 364 g/mol. The van der Waals surface area contributed by atoms with Gasteiger partial charge in [-0.2, -0.15) is 0 Å². The molecule has 0 atom stereocenters. The summed E-state index contributed by atoms with van der Waals surface area (Å²) in [5.41, 5.74) is 0.713. The summed E-state index contributed by atoms with van der Waals surface area (Å²) < 4.78 is 5.54. The van der Waals surface area contributed by atoms with Gasteiger partial charge in [-0.15, -0.1) is 10.2 Å². The Labute approximate surface area is 155 Å². The Balaban J connectivity index is 1.92. The van der Waals surface area contributed by atoms with Gasteiger partial charge in [0.2, 0.25) is 17.7 Å². The van der Waals surface area contributed by atoms with Crippen LogP contribution < -0.4 is 5.32 Å². The van der Waals surface area contributed by atoms with E-state index in [2.05, 4.69) is 15.5 Å². The second-order valence-corrected chi connectivity index (χ2v) is 6.40. The third-order valence-corrected chi connectivity index (χ3v) is 4.28. The average molecular weight is 383 g/mol. The lowest BCUT2D eigenvalue weighted by Gasteiger charge is -2.19. The van der Waals surface area contributed by atoms with E-state index >= 15 is 0 Å². The zero-order chi connectivity index (χ0) is 18.2. The van der Waals surface area contributed by atoms with Crippen LogP contribution in [0.2, 0.25) is 5.02 Å². The standard InChI is InChI=1S/C16H19ClN4O3S/c1-3-18-13(22)9-21(4-2)14(23)10-25-16-20-19-15(24-16)11-6-5-7-12(17)8-11/h5-8H,3-4,9-10H2,1-2H3,(H,18,22). The van der Waals surface area contributed by atoms with Crippen molar-refractivity contribution in [1.82, 2.24) is 20.4 Å². The number of carbonyl (C=O) groups excluding carboxylic acids is 2. The van der Waals surface area contributed by atoms with Crippen molar-refractivity contribution >= 4 is 35.2 Å². The SMILES string of the molecule is CCNC(=O)CN(CC)C(=O)CSc1nnc(-c2cccc(Cl)c2)o1. The molecule has 0 saturated heterocycles. The van der Waals surface area contributed by atoms with E-state index in [0.717, 1.165) is 11.8 Å². The lowest BCUT2D eigenvalue weighted by Crippen LogP contribution is -2.41. The molecule has 1 aromatic carbocycles. The van der Waals surface area contributed by atoms with Gasteiger partial charge in [-0.25, -0.2) is 0 Å².